The second-order valence-corrected chi connectivity index (χ2v) is 3.22. The van der Waals surface area contributed by atoms with Gasteiger partial charge in [0.2, 0.25) is 0 Å². The second kappa shape index (κ2) is 7.15. The van der Waals surface area contributed by atoms with Crippen LogP contribution in [0.4, 0.5) is 0 Å². The fourth-order valence-electron chi connectivity index (χ4n) is 0.696. The third-order valence-corrected chi connectivity index (χ3v) is 1.53. The maximum atomic E-state index is 10.6. The number of allylic oxidation sites excluding steroid dienone is 3. The van der Waals surface area contributed by atoms with Crippen molar-refractivity contribution in [2.24, 2.45) is 0 Å². The van der Waals surface area contributed by atoms with E-state index in [0.717, 1.165) is 13.1 Å². The van der Waals surface area contributed by atoms with Crippen LogP contribution in [0.1, 0.15) is 6.92 Å². The van der Waals surface area contributed by atoms with Crippen molar-refractivity contribution in [3.05, 3.63) is 24.1 Å². The largest absolute Gasteiger partial charge is 0.504 e. The van der Waals surface area contributed by atoms with Gasteiger partial charge in [0.25, 0.3) is 0 Å². The summed E-state index contributed by atoms with van der Waals surface area (Å²) in [5.74, 6) is -0.557. The zero-order chi connectivity index (χ0) is 11.0. The van der Waals surface area contributed by atoms with Crippen LogP contribution < -0.4 is 5.32 Å². The molecule has 0 fully saturated rings. The molecule has 0 aliphatic heterocycles. The van der Waals surface area contributed by atoms with Gasteiger partial charge < -0.3 is 15.3 Å². The number of Topliss-reactive ketones (excluding diaryl/α,β-unsaturated/α-hetero) is 1. The van der Waals surface area contributed by atoms with E-state index in [0.29, 0.717) is 0 Å². The van der Waals surface area contributed by atoms with Crippen LogP contribution in [0.15, 0.2) is 24.1 Å². The molecule has 0 aromatic heterocycles. The van der Waals surface area contributed by atoms with Crippen LogP contribution in [0.25, 0.3) is 0 Å². The quantitative estimate of drug-likeness (QED) is 0.285. The smallest absolute Gasteiger partial charge is 0.194 e. The van der Waals surface area contributed by atoms with Crippen molar-refractivity contribution in [1.82, 2.24) is 10.2 Å². The van der Waals surface area contributed by atoms with Gasteiger partial charge in [-0.3, -0.25) is 4.79 Å². The summed E-state index contributed by atoms with van der Waals surface area (Å²) >= 11 is 0. The molecule has 0 aromatic carbocycles. The minimum absolute atomic E-state index is 0.226. The number of hydrogen-bond donors (Lipinski definition) is 2. The van der Waals surface area contributed by atoms with Crippen LogP contribution in [-0.2, 0) is 4.79 Å². The highest BCUT2D eigenvalue weighted by Crippen LogP contribution is 1.89. The predicted molar refractivity (Wildman–Crippen MR) is 57.1 cm³/mol. The summed E-state index contributed by atoms with van der Waals surface area (Å²) in [7, 11) is 3.99. The SMILES string of the molecule is CC(=O)/C(O)=C/C=C\NCCN(C)C. The molecule has 4 heteroatoms. The zero-order valence-corrected chi connectivity index (χ0v) is 8.95. The standard InChI is InChI=1S/C10H18N2O2/c1-9(13)10(14)5-4-6-11-7-8-12(2)3/h4-6,11,14H,7-8H2,1-3H3/b6-4-,10-5-. The van der Waals surface area contributed by atoms with Crippen molar-refractivity contribution in [2.45, 2.75) is 6.92 Å². The third-order valence-electron chi connectivity index (χ3n) is 1.53. The van der Waals surface area contributed by atoms with Gasteiger partial charge in [-0.05, 0) is 32.4 Å². The first kappa shape index (κ1) is 12.7. The van der Waals surface area contributed by atoms with Crippen LogP contribution in [0.2, 0.25) is 0 Å². The molecule has 4 nitrogen and oxygen atoms in total. The molecule has 80 valence electrons. The fraction of sp³-hybridized carbons (Fsp3) is 0.500. The average molecular weight is 198 g/mol. The Morgan fingerprint density at radius 2 is 2.14 bits per heavy atom. The Morgan fingerprint density at radius 3 is 2.64 bits per heavy atom. The normalized spacial score (nSPS) is 12.4. The molecule has 0 saturated carbocycles. The number of rotatable bonds is 6. The van der Waals surface area contributed by atoms with E-state index in [9.17, 15) is 4.79 Å². The van der Waals surface area contributed by atoms with Gasteiger partial charge in [0.05, 0.1) is 0 Å². The lowest BCUT2D eigenvalue weighted by atomic mass is 10.3. The Hall–Kier alpha value is -1.29. The molecule has 0 aromatic rings. The second-order valence-electron chi connectivity index (χ2n) is 3.22. The molecule has 0 amide bonds. The Kier molecular flexibility index (Phi) is 6.49. The molecule has 0 bridgehead atoms. The van der Waals surface area contributed by atoms with E-state index < -0.39 is 0 Å². The lowest BCUT2D eigenvalue weighted by Gasteiger charge is -2.07. The Labute approximate surface area is 84.9 Å². The van der Waals surface area contributed by atoms with Crippen LogP contribution in [0, 0.1) is 0 Å². The number of hydrogen-bond acceptors (Lipinski definition) is 4. The van der Waals surface area contributed by atoms with Crippen molar-refractivity contribution in [2.75, 3.05) is 27.2 Å². The van der Waals surface area contributed by atoms with E-state index in [4.69, 9.17) is 5.11 Å². The van der Waals surface area contributed by atoms with Crippen LogP contribution in [0.5, 0.6) is 0 Å². The average Bonchev–Trinajstić information content (AvgIpc) is 2.09. The van der Waals surface area contributed by atoms with Gasteiger partial charge in [-0.15, -0.1) is 0 Å². The number of likely N-dealkylation sites (N-methyl/N-ethyl adjacent to an activating group) is 1. The van der Waals surface area contributed by atoms with Crippen molar-refractivity contribution in [1.29, 1.82) is 0 Å². The zero-order valence-electron chi connectivity index (χ0n) is 8.95. The molecule has 0 spiro atoms. The summed E-state index contributed by atoms with van der Waals surface area (Å²) in [6.45, 7) is 3.09. The number of carbonyl (C=O) groups is 1. The van der Waals surface area contributed by atoms with Crippen LogP contribution in [-0.4, -0.2) is 43.0 Å². The first-order valence-electron chi connectivity index (χ1n) is 4.49. The molecule has 0 rings (SSSR count). The van der Waals surface area contributed by atoms with Crippen LogP contribution >= 0.6 is 0 Å². The Morgan fingerprint density at radius 1 is 1.50 bits per heavy atom. The van der Waals surface area contributed by atoms with E-state index in [2.05, 4.69) is 10.2 Å². The Balaban J connectivity index is 3.64. The summed E-state index contributed by atoms with van der Waals surface area (Å²) < 4.78 is 0. The van der Waals surface area contributed by atoms with Gasteiger partial charge >= 0.3 is 0 Å². The molecule has 0 atom stereocenters. The van der Waals surface area contributed by atoms with E-state index >= 15 is 0 Å². The van der Waals surface area contributed by atoms with Gasteiger partial charge in [-0.25, -0.2) is 0 Å². The van der Waals surface area contributed by atoms with E-state index in [1.54, 1.807) is 12.3 Å². The summed E-state index contributed by atoms with van der Waals surface area (Å²) in [5.41, 5.74) is 0. The van der Waals surface area contributed by atoms with Crippen molar-refractivity contribution < 1.29 is 9.90 Å². The topological polar surface area (TPSA) is 52.6 Å². The van der Waals surface area contributed by atoms with Crippen molar-refractivity contribution in [3.8, 4) is 0 Å². The molecular weight excluding hydrogens is 180 g/mol. The monoisotopic (exact) mass is 198 g/mol. The molecule has 0 unspecified atom stereocenters. The summed E-state index contributed by atoms with van der Waals surface area (Å²) in [4.78, 5) is 12.6. The maximum absolute atomic E-state index is 10.6. The van der Waals surface area contributed by atoms with Gasteiger partial charge in [0.1, 0.15) is 0 Å². The number of carbonyl (C=O) groups excluding carboxylic acids is 1. The minimum Gasteiger partial charge on any atom is -0.504 e. The predicted octanol–water partition coefficient (Wildman–Crippen LogP) is 0.682. The molecule has 2 N–H and O–H groups in total. The van der Waals surface area contributed by atoms with Gasteiger partial charge in [-0.2, -0.15) is 0 Å². The molecule has 14 heavy (non-hydrogen) atoms. The highest BCUT2D eigenvalue weighted by atomic mass is 16.3. The number of aliphatic hydroxyl groups is 1. The molecule has 0 aliphatic rings. The Bertz CT molecular complexity index is 232. The van der Waals surface area contributed by atoms with Crippen molar-refractivity contribution in [3.63, 3.8) is 0 Å². The van der Waals surface area contributed by atoms with E-state index in [1.165, 1.54) is 13.0 Å². The lowest BCUT2D eigenvalue weighted by Crippen LogP contribution is -2.23. The molecule has 0 radical (unpaired) electrons. The minimum atomic E-state index is -0.331. The van der Waals surface area contributed by atoms with Crippen molar-refractivity contribution >= 4 is 5.78 Å². The number of nitrogens with zero attached hydrogens (tertiary/aromatic N) is 1. The van der Waals surface area contributed by atoms with Gasteiger partial charge in [0.15, 0.2) is 11.5 Å². The molecular formula is C10H18N2O2. The third kappa shape index (κ3) is 7.36. The first-order valence-corrected chi connectivity index (χ1v) is 4.49. The highest BCUT2D eigenvalue weighted by Gasteiger charge is 1.95. The first-order chi connectivity index (χ1) is 6.54. The fourth-order valence-corrected chi connectivity index (χ4v) is 0.696. The maximum Gasteiger partial charge on any atom is 0.194 e. The molecule has 0 saturated heterocycles. The van der Waals surface area contributed by atoms with Crippen LogP contribution in [0.3, 0.4) is 0 Å². The van der Waals surface area contributed by atoms with E-state index in [-0.39, 0.29) is 11.5 Å². The lowest BCUT2D eigenvalue weighted by molar-refractivity contribution is -0.115. The van der Waals surface area contributed by atoms with Gasteiger partial charge in [0, 0.05) is 20.0 Å². The summed E-state index contributed by atoms with van der Waals surface area (Å²) in [6.07, 6.45) is 4.67. The van der Waals surface area contributed by atoms with E-state index in [1.807, 2.05) is 14.1 Å². The summed E-state index contributed by atoms with van der Waals surface area (Å²) in [6, 6.07) is 0. The molecule has 0 aliphatic carbocycles. The number of nitrogens with one attached hydrogen (secondary N) is 1. The summed E-state index contributed by atoms with van der Waals surface area (Å²) in [5, 5.41) is 12.0. The number of ketones is 1. The highest BCUT2D eigenvalue weighted by molar-refractivity contribution is 5.90. The number of aliphatic hydroxyl groups excluding tert-OH is 1. The van der Waals surface area contributed by atoms with Gasteiger partial charge in [-0.1, -0.05) is 0 Å². The molecule has 0 heterocycles.